The maximum atomic E-state index is 12.7. The number of nitrogens with zero attached hydrogens (tertiary/aromatic N) is 5. The highest BCUT2D eigenvalue weighted by Crippen LogP contribution is 2.13. The Labute approximate surface area is 140 Å². The van der Waals surface area contributed by atoms with Gasteiger partial charge in [0.1, 0.15) is 5.69 Å². The molecule has 0 spiro atoms. The van der Waals surface area contributed by atoms with Gasteiger partial charge in [-0.05, 0) is 26.8 Å². The molecule has 2 amide bonds. The number of hydrogen-bond acceptors (Lipinski definition) is 5. The van der Waals surface area contributed by atoms with Gasteiger partial charge in [0.2, 0.25) is 0 Å². The molecule has 0 unspecified atom stereocenters. The summed E-state index contributed by atoms with van der Waals surface area (Å²) in [4.78, 5) is 32.2. The molecule has 0 atom stereocenters. The van der Waals surface area contributed by atoms with Gasteiger partial charge in [-0.15, -0.1) is 0 Å². The van der Waals surface area contributed by atoms with Crippen LogP contribution in [0.25, 0.3) is 5.65 Å². The average Bonchev–Trinajstić information content (AvgIpc) is 2.95. The van der Waals surface area contributed by atoms with Crippen LogP contribution in [-0.4, -0.2) is 69.2 Å². The standard InChI is InChI=1S/C16H21N5O3/c1-4-24-16(23)20-7-5-19(6-8-20)15(22)13-10-12(3)21-14(17-13)9-11(2)18-21/h9-10H,4-8H2,1-3H3. The number of hydrogen-bond donors (Lipinski definition) is 0. The van der Waals surface area contributed by atoms with Crippen molar-refractivity contribution in [2.24, 2.45) is 0 Å². The molecule has 0 bridgehead atoms. The van der Waals surface area contributed by atoms with Gasteiger partial charge in [0, 0.05) is 37.9 Å². The van der Waals surface area contributed by atoms with Gasteiger partial charge in [0.05, 0.1) is 12.3 Å². The zero-order valence-electron chi connectivity index (χ0n) is 14.2. The molecule has 0 aromatic carbocycles. The van der Waals surface area contributed by atoms with Crippen molar-refractivity contribution in [2.45, 2.75) is 20.8 Å². The number of piperazine rings is 1. The van der Waals surface area contributed by atoms with Crippen LogP contribution in [0.1, 0.15) is 28.8 Å². The molecule has 1 aliphatic rings. The van der Waals surface area contributed by atoms with Gasteiger partial charge in [-0.25, -0.2) is 14.3 Å². The molecule has 3 rings (SSSR count). The van der Waals surface area contributed by atoms with Crippen LogP contribution in [0.2, 0.25) is 0 Å². The molecule has 0 saturated carbocycles. The Morgan fingerprint density at radius 1 is 1.12 bits per heavy atom. The number of ether oxygens (including phenoxy) is 1. The highest BCUT2D eigenvalue weighted by atomic mass is 16.6. The molecule has 8 heteroatoms. The van der Waals surface area contributed by atoms with Crippen molar-refractivity contribution in [2.75, 3.05) is 32.8 Å². The number of aryl methyl sites for hydroxylation is 2. The molecule has 0 aliphatic carbocycles. The lowest BCUT2D eigenvalue weighted by Crippen LogP contribution is -2.50. The molecule has 2 aromatic heterocycles. The predicted molar refractivity (Wildman–Crippen MR) is 87.0 cm³/mol. The van der Waals surface area contributed by atoms with E-state index in [2.05, 4.69) is 10.1 Å². The molecular formula is C16H21N5O3. The van der Waals surface area contributed by atoms with E-state index >= 15 is 0 Å². The monoisotopic (exact) mass is 331 g/mol. The van der Waals surface area contributed by atoms with E-state index in [1.54, 1.807) is 27.3 Å². The normalized spacial score (nSPS) is 15.0. The van der Waals surface area contributed by atoms with Gasteiger partial charge in [0.25, 0.3) is 5.91 Å². The summed E-state index contributed by atoms with van der Waals surface area (Å²) in [6.07, 6.45) is -0.324. The van der Waals surface area contributed by atoms with Crippen molar-refractivity contribution in [1.29, 1.82) is 0 Å². The van der Waals surface area contributed by atoms with Crippen LogP contribution in [-0.2, 0) is 4.74 Å². The van der Waals surface area contributed by atoms with Crippen LogP contribution in [0.5, 0.6) is 0 Å². The van der Waals surface area contributed by atoms with Gasteiger partial charge in [-0.3, -0.25) is 4.79 Å². The van der Waals surface area contributed by atoms with E-state index in [-0.39, 0.29) is 12.0 Å². The molecule has 1 aliphatic heterocycles. The molecule has 8 nitrogen and oxygen atoms in total. The Morgan fingerprint density at radius 3 is 2.46 bits per heavy atom. The Hall–Kier alpha value is -2.64. The van der Waals surface area contributed by atoms with E-state index in [4.69, 9.17) is 4.74 Å². The third kappa shape index (κ3) is 3.04. The van der Waals surface area contributed by atoms with E-state index < -0.39 is 0 Å². The van der Waals surface area contributed by atoms with Gasteiger partial charge in [0.15, 0.2) is 5.65 Å². The van der Waals surface area contributed by atoms with Crippen molar-refractivity contribution in [3.05, 3.63) is 29.2 Å². The molecule has 3 heterocycles. The maximum absolute atomic E-state index is 12.7. The lowest BCUT2D eigenvalue weighted by molar-refractivity contribution is 0.0566. The second kappa shape index (κ2) is 6.46. The minimum atomic E-state index is -0.324. The predicted octanol–water partition coefficient (Wildman–Crippen LogP) is 1.26. The summed E-state index contributed by atoms with van der Waals surface area (Å²) >= 11 is 0. The minimum absolute atomic E-state index is 0.122. The van der Waals surface area contributed by atoms with Crippen molar-refractivity contribution >= 4 is 17.6 Å². The third-order valence-corrected chi connectivity index (χ3v) is 4.04. The van der Waals surface area contributed by atoms with Crippen LogP contribution in [0, 0.1) is 13.8 Å². The molecule has 2 aromatic rings. The summed E-state index contributed by atoms with van der Waals surface area (Å²) in [5.41, 5.74) is 2.80. The average molecular weight is 331 g/mol. The van der Waals surface area contributed by atoms with Gasteiger partial charge < -0.3 is 14.5 Å². The van der Waals surface area contributed by atoms with Crippen LogP contribution < -0.4 is 0 Å². The number of aromatic nitrogens is 3. The SMILES string of the molecule is CCOC(=O)N1CCN(C(=O)c2cc(C)n3nc(C)cc3n2)CC1. The number of fused-ring (bicyclic) bond motifs is 1. The fourth-order valence-corrected chi connectivity index (χ4v) is 2.82. The van der Waals surface area contributed by atoms with Crippen molar-refractivity contribution in [1.82, 2.24) is 24.4 Å². The molecule has 0 N–H and O–H groups in total. The quantitative estimate of drug-likeness (QED) is 0.828. The molecule has 128 valence electrons. The minimum Gasteiger partial charge on any atom is -0.450 e. The molecule has 1 saturated heterocycles. The lowest BCUT2D eigenvalue weighted by atomic mass is 10.2. The lowest BCUT2D eigenvalue weighted by Gasteiger charge is -2.33. The summed E-state index contributed by atoms with van der Waals surface area (Å²) in [6, 6.07) is 3.60. The van der Waals surface area contributed by atoms with Crippen LogP contribution in [0.15, 0.2) is 12.1 Å². The molecular weight excluding hydrogens is 310 g/mol. The first-order chi connectivity index (χ1) is 11.5. The largest absolute Gasteiger partial charge is 0.450 e. The highest BCUT2D eigenvalue weighted by Gasteiger charge is 2.26. The van der Waals surface area contributed by atoms with Crippen molar-refractivity contribution < 1.29 is 14.3 Å². The molecule has 24 heavy (non-hydrogen) atoms. The second-order valence-electron chi connectivity index (χ2n) is 5.82. The smallest absolute Gasteiger partial charge is 0.409 e. The molecule has 1 fully saturated rings. The maximum Gasteiger partial charge on any atom is 0.409 e. The fourth-order valence-electron chi connectivity index (χ4n) is 2.82. The number of rotatable bonds is 2. The summed E-state index contributed by atoms with van der Waals surface area (Å²) in [5, 5.41) is 4.34. The summed E-state index contributed by atoms with van der Waals surface area (Å²) in [7, 11) is 0. The fraction of sp³-hybridized carbons (Fsp3) is 0.500. The number of amides is 2. The van der Waals surface area contributed by atoms with Gasteiger partial charge >= 0.3 is 6.09 Å². The first kappa shape index (κ1) is 16.2. The van der Waals surface area contributed by atoms with Crippen LogP contribution >= 0.6 is 0 Å². The summed E-state index contributed by atoms with van der Waals surface area (Å²) in [5.74, 6) is -0.122. The topological polar surface area (TPSA) is 80.0 Å². The Kier molecular flexibility index (Phi) is 4.37. The highest BCUT2D eigenvalue weighted by molar-refractivity contribution is 5.93. The first-order valence-corrected chi connectivity index (χ1v) is 8.04. The summed E-state index contributed by atoms with van der Waals surface area (Å²) in [6.45, 7) is 7.81. The van der Waals surface area contributed by atoms with Crippen LogP contribution in [0.3, 0.4) is 0 Å². The van der Waals surface area contributed by atoms with E-state index in [1.807, 2.05) is 19.9 Å². The van der Waals surface area contributed by atoms with E-state index in [1.165, 1.54) is 0 Å². The number of carbonyl (C=O) groups excluding carboxylic acids is 2. The Morgan fingerprint density at radius 2 is 1.79 bits per heavy atom. The zero-order chi connectivity index (χ0) is 17.3. The van der Waals surface area contributed by atoms with E-state index in [9.17, 15) is 9.59 Å². The summed E-state index contributed by atoms with van der Waals surface area (Å²) < 4.78 is 6.72. The van der Waals surface area contributed by atoms with Crippen LogP contribution in [0.4, 0.5) is 4.79 Å². The van der Waals surface area contributed by atoms with Crippen molar-refractivity contribution in [3.63, 3.8) is 0 Å². The first-order valence-electron chi connectivity index (χ1n) is 8.04. The Balaban J connectivity index is 1.72. The second-order valence-corrected chi connectivity index (χ2v) is 5.82. The molecule has 0 radical (unpaired) electrons. The van der Waals surface area contributed by atoms with Gasteiger partial charge in [-0.1, -0.05) is 0 Å². The zero-order valence-corrected chi connectivity index (χ0v) is 14.2. The third-order valence-electron chi connectivity index (χ3n) is 4.04. The Bertz CT molecular complexity index is 777. The van der Waals surface area contributed by atoms with Crippen molar-refractivity contribution in [3.8, 4) is 0 Å². The van der Waals surface area contributed by atoms with E-state index in [0.717, 1.165) is 11.4 Å². The van der Waals surface area contributed by atoms with E-state index in [0.29, 0.717) is 44.1 Å². The van der Waals surface area contributed by atoms with Gasteiger partial charge in [-0.2, -0.15) is 5.10 Å². The number of carbonyl (C=O) groups is 2.